The van der Waals surface area contributed by atoms with Crippen molar-refractivity contribution >= 4 is 69.1 Å². The SMILES string of the molecule is [I][Ca]([I])([I])[I]. The summed E-state index contributed by atoms with van der Waals surface area (Å²) in [6.07, 6.45) is 0. The zero-order valence-electron chi connectivity index (χ0n) is 2.22. The molecule has 0 aliphatic carbocycles. The van der Waals surface area contributed by atoms with E-state index in [1.807, 2.05) is 0 Å². The standard InChI is InChI=1S/Ca.4HI/h;4*1H/q+4;;;;/p-4. The molecule has 5 heteroatoms. The normalized spacial score (nSPS) is 12.0. The minimum atomic E-state index is -1.37. The first kappa shape index (κ1) is 9.18. The molecule has 0 saturated carbocycles. The zero-order valence-corrected chi connectivity index (χ0v) is 13.1. The molecule has 0 heterocycles. The molecule has 0 saturated heterocycles. The Morgan fingerprint density at radius 1 is 0.800 bits per heavy atom. The topological polar surface area (TPSA) is 0 Å². The van der Waals surface area contributed by atoms with Crippen LogP contribution in [0.3, 0.4) is 0 Å². The summed E-state index contributed by atoms with van der Waals surface area (Å²) >= 11 is 10.2. The van der Waals surface area contributed by atoms with Gasteiger partial charge in [-0.25, -0.2) is 0 Å². The molecule has 0 nitrogen and oxygen atoms in total. The zero-order chi connectivity index (χ0) is 4.50. The third-order valence-corrected chi connectivity index (χ3v) is 0. The van der Waals surface area contributed by atoms with E-state index in [9.17, 15) is 0 Å². The van der Waals surface area contributed by atoms with Crippen molar-refractivity contribution in [2.75, 3.05) is 0 Å². The van der Waals surface area contributed by atoms with E-state index in [1.165, 1.54) is 0 Å². The van der Waals surface area contributed by atoms with Crippen LogP contribution in [-0.4, -0.2) is 9.13 Å². The Kier molecular flexibility index (Phi) is 7.47. The molecule has 0 atom stereocenters. The van der Waals surface area contributed by atoms with Gasteiger partial charge in [-0.1, -0.05) is 0 Å². The first-order valence-corrected chi connectivity index (χ1v) is 29.6. The van der Waals surface area contributed by atoms with Gasteiger partial charge in [-0.2, -0.15) is 0 Å². The average molecular weight is 548 g/mol. The van der Waals surface area contributed by atoms with E-state index in [0.717, 1.165) is 0 Å². The van der Waals surface area contributed by atoms with Crippen LogP contribution in [-0.2, 0) is 0 Å². The third-order valence-electron chi connectivity index (χ3n) is 0. The summed E-state index contributed by atoms with van der Waals surface area (Å²) in [4.78, 5) is 0. The first-order chi connectivity index (χ1) is 2.00. The van der Waals surface area contributed by atoms with Crippen LogP contribution >= 0.6 is 60.0 Å². The number of rotatable bonds is 0. The van der Waals surface area contributed by atoms with Gasteiger partial charge in [0.2, 0.25) is 0 Å². The Morgan fingerprint density at radius 3 is 0.800 bits per heavy atom. The fraction of sp³-hybridized carbons (Fsp3) is 0. The van der Waals surface area contributed by atoms with Crippen molar-refractivity contribution in [3.8, 4) is 0 Å². The molecule has 0 aromatic heterocycles. The molecule has 0 spiro atoms. The van der Waals surface area contributed by atoms with Gasteiger partial charge in [-0.3, -0.25) is 0 Å². The molecular weight excluding hydrogens is 548 g/mol. The predicted octanol–water partition coefficient (Wildman–Crippen LogP) is 3.16. The van der Waals surface area contributed by atoms with Crippen molar-refractivity contribution in [1.29, 1.82) is 0 Å². The van der Waals surface area contributed by atoms with Crippen LogP contribution in [0.25, 0.3) is 0 Å². The van der Waals surface area contributed by atoms with E-state index in [-0.39, 0.29) is 0 Å². The van der Waals surface area contributed by atoms with Crippen LogP contribution in [0.2, 0.25) is 0 Å². The molecule has 0 bridgehead atoms. The van der Waals surface area contributed by atoms with E-state index >= 15 is 0 Å². The fourth-order valence-electron chi connectivity index (χ4n) is 0. The molecule has 5 heavy (non-hydrogen) atoms. The summed E-state index contributed by atoms with van der Waals surface area (Å²) in [5.74, 6) is 0. The molecule has 0 rings (SSSR count). The van der Waals surface area contributed by atoms with Gasteiger partial charge >= 0.3 is 69.1 Å². The Labute approximate surface area is 65.6 Å². The van der Waals surface area contributed by atoms with Gasteiger partial charge in [-0.15, -0.1) is 0 Å². The quantitative estimate of drug-likeness (QED) is 0.323. The average Bonchev–Trinajstić information content (AvgIpc) is 0.722. The minimum absolute atomic E-state index is 1.37. The molecule has 2 radical (unpaired) electrons. The van der Waals surface area contributed by atoms with Gasteiger partial charge in [0.25, 0.3) is 0 Å². The number of halogens is 4. The monoisotopic (exact) mass is 548 g/mol. The second kappa shape index (κ2) is 4.07. The Balaban J connectivity index is 3.02. The van der Waals surface area contributed by atoms with E-state index in [0.29, 0.717) is 0 Å². The second-order valence-electron chi connectivity index (χ2n) is 0.606. The predicted molar refractivity (Wildman–Crippen MR) is 61.8 cm³/mol. The molecule has 0 fully saturated rings. The van der Waals surface area contributed by atoms with E-state index < -0.39 is 9.13 Å². The van der Waals surface area contributed by atoms with Crippen LogP contribution in [0.15, 0.2) is 0 Å². The summed E-state index contributed by atoms with van der Waals surface area (Å²) < 4.78 is 0. The van der Waals surface area contributed by atoms with Gasteiger partial charge in [0.05, 0.1) is 0 Å². The summed E-state index contributed by atoms with van der Waals surface area (Å²) in [5, 5.41) is 0. The molecule has 30 valence electrons. The van der Waals surface area contributed by atoms with Crippen LogP contribution < -0.4 is 0 Å². The van der Waals surface area contributed by atoms with Crippen molar-refractivity contribution in [2.24, 2.45) is 0 Å². The Bertz CT molecular complexity index is 19.1. The molecule has 0 aromatic carbocycles. The van der Waals surface area contributed by atoms with E-state index in [4.69, 9.17) is 0 Å². The summed E-state index contributed by atoms with van der Waals surface area (Å²) in [5.41, 5.74) is 0. The molecule has 0 aliphatic rings. The van der Waals surface area contributed by atoms with Crippen molar-refractivity contribution in [3.05, 3.63) is 0 Å². The maximum atomic E-state index is 2.56. The number of hydrogen-bond acceptors (Lipinski definition) is 0. The fourth-order valence-corrected chi connectivity index (χ4v) is 0. The van der Waals surface area contributed by atoms with Gasteiger partial charge in [0, 0.05) is 0 Å². The van der Waals surface area contributed by atoms with E-state index in [1.54, 1.807) is 0 Å². The van der Waals surface area contributed by atoms with Crippen LogP contribution in [0.1, 0.15) is 0 Å². The van der Waals surface area contributed by atoms with Crippen LogP contribution in [0.4, 0.5) is 0 Å². The van der Waals surface area contributed by atoms with Crippen molar-refractivity contribution < 1.29 is 0 Å². The number of hydrogen-bond donors (Lipinski definition) is 0. The Morgan fingerprint density at radius 2 is 0.800 bits per heavy atom. The van der Waals surface area contributed by atoms with Crippen molar-refractivity contribution in [2.45, 2.75) is 0 Å². The molecule has 0 unspecified atom stereocenters. The second-order valence-corrected chi connectivity index (χ2v) is 112. The summed E-state index contributed by atoms with van der Waals surface area (Å²) in [7, 11) is -1.37. The molecule has 0 aromatic rings. The Hall–Kier alpha value is 4.18. The molecule has 0 amide bonds. The summed E-state index contributed by atoms with van der Waals surface area (Å²) in [6.45, 7) is 0. The molecular formula is CaI4. The summed E-state index contributed by atoms with van der Waals surface area (Å²) in [6, 6.07) is 0. The van der Waals surface area contributed by atoms with Gasteiger partial charge < -0.3 is 0 Å². The van der Waals surface area contributed by atoms with Crippen LogP contribution in [0.5, 0.6) is 0 Å². The van der Waals surface area contributed by atoms with E-state index in [2.05, 4.69) is 60.0 Å². The van der Waals surface area contributed by atoms with Crippen LogP contribution in [0, 0.1) is 0 Å². The van der Waals surface area contributed by atoms with Gasteiger partial charge in [0.15, 0.2) is 0 Å². The van der Waals surface area contributed by atoms with Gasteiger partial charge in [-0.05, 0) is 0 Å². The maximum absolute atomic E-state index is 2.56. The molecule has 0 aliphatic heterocycles. The third kappa shape index (κ3) is 17.9. The van der Waals surface area contributed by atoms with Gasteiger partial charge in [0.1, 0.15) is 0 Å². The molecule has 0 N–H and O–H groups in total. The first-order valence-electron chi connectivity index (χ1n) is 1.07. The van der Waals surface area contributed by atoms with Crippen molar-refractivity contribution in [1.82, 2.24) is 0 Å². The van der Waals surface area contributed by atoms with Crippen molar-refractivity contribution in [3.63, 3.8) is 0 Å².